The topological polar surface area (TPSA) is 12.0 Å². The molecule has 0 aliphatic carbocycles. The quantitative estimate of drug-likeness (QED) is 0.884. The van der Waals surface area contributed by atoms with Crippen molar-refractivity contribution in [3.63, 3.8) is 0 Å². The maximum absolute atomic E-state index is 12.0. The maximum atomic E-state index is 12.0. The van der Waals surface area contributed by atoms with Gasteiger partial charge in [0, 0.05) is 6.54 Å². The molecular formula is C13H12F3NS. The van der Waals surface area contributed by atoms with E-state index >= 15 is 0 Å². The van der Waals surface area contributed by atoms with Crippen molar-refractivity contribution in [3.8, 4) is 11.1 Å². The third kappa shape index (κ3) is 3.58. The zero-order valence-electron chi connectivity index (χ0n) is 9.50. The van der Waals surface area contributed by atoms with Gasteiger partial charge in [0.25, 0.3) is 0 Å². The first-order valence-electron chi connectivity index (χ1n) is 5.44. The van der Waals surface area contributed by atoms with Gasteiger partial charge in [-0.3, -0.25) is 0 Å². The predicted molar refractivity (Wildman–Crippen MR) is 67.5 cm³/mol. The average molecular weight is 271 g/mol. The molecule has 0 radical (unpaired) electrons. The third-order valence-electron chi connectivity index (χ3n) is 2.47. The summed E-state index contributed by atoms with van der Waals surface area (Å²) in [6.07, 6.45) is -4.16. The van der Waals surface area contributed by atoms with E-state index in [2.05, 4.69) is 5.32 Å². The van der Waals surface area contributed by atoms with Crippen LogP contribution in [0.25, 0.3) is 11.1 Å². The van der Waals surface area contributed by atoms with Gasteiger partial charge in [0.1, 0.15) is 0 Å². The van der Waals surface area contributed by atoms with Crippen LogP contribution in [0.4, 0.5) is 13.2 Å². The molecule has 1 N–H and O–H groups in total. The highest BCUT2D eigenvalue weighted by molar-refractivity contribution is 7.08. The fraction of sp³-hybridized carbons (Fsp3) is 0.231. The summed E-state index contributed by atoms with van der Waals surface area (Å²) < 4.78 is 36.1. The van der Waals surface area contributed by atoms with Crippen molar-refractivity contribution in [3.05, 3.63) is 46.7 Å². The first-order valence-corrected chi connectivity index (χ1v) is 6.38. The lowest BCUT2D eigenvalue weighted by molar-refractivity contribution is -0.125. The molecule has 2 aromatic rings. The monoisotopic (exact) mass is 271 g/mol. The number of rotatable bonds is 4. The number of hydrogen-bond donors (Lipinski definition) is 1. The number of thiophene rings is 1. The summed E-state index contributed by atoms with van der Waals surface area (Å²) in [6.45, 7) is -0.732. The van der Waals surface area contributed by atoms with E-state index in [1.165, 1.54) is 11.3 Å². The minimum atomic E-state index is -4.16. The van der Waals surface area contributed by atoms with Crippen LogP contribution in [0.15, 0.2) is 41.1 Å². The fourth-order valence-electron chi connectivity index (χ4n) is 1.67. The fourth-order valence-corrected chi connectivity index (χ4v) is 2.54. The summed E-state index contributed by atoms with van der Waals surface area (Å²) in [5, 5.41) is 6.26. The van der Waals surface area contributed by atoms with E-state index in [1.807, 2.05) is 41.1 Å². The molecule has 18 heavy (non-hydrogen) atoms. The van der Waals surface area contributed by atoms with Gasteiger partial charge in [-0.1, -0.05) is 30.3 Å². The van der Waals surface area contributed by atoms with Crippen molar-refractivity contribution in [2.45, 2.75) is 12.7 Å². The van der Waals surface area contributed by atoms with E-state index in [4.69, 9.17) is 0 Å². The van der Waals surface area contributed by atoms with Gasteiger partial charge in [0.2, 0.25) is 0 Å². The van der Waals surface area contributed by atoms with Crippen LogP contribution in [-0.2, 0) is 6.54 Å². The van der Waals surface area contributed by atoms with E-state index in [0.29, 0.717) is 0 Å². The summed E-state index contributed by atoms with van der Waals surface area (Å²) in [4.78, 5) is 0. The number of alkyl halides is 3. The molecule has 0 saturated carbocycles. The number of benzene rings is 1. The summed E-state index contributed by atoms with van der Waals surface area (Å²) in [5.74, 6) is 0. The van der Waals surface area contributed by atoms with E-state index in [-0.39, 0.29) is 6.54 Å². The molecule has 5 heteroatoms. The molecule has 96 valence electrons. The third-order valence-corrected chi connectivity index (χ3v) is 3.26. The Bertz CT molecular complexity index is 490. The molecule has 0 aliphatic rings. The molecule has 0 spiro atoms. The Kier molecular flexibility index (Phi) is 4.04. The summed E-state index contributed by atoms with van der Waals surface area (Å²) in [6, 6.07) is 9.65. The minimum absolute atomic E-state index is 0.229. The molecule has 0 fully saturated rings. The molecule has 0 bridgehead atoms. The van der Waals surface area contributed by atoms with Crippen molar-refractivity contribution in [1.82, 2.24) is 5.32 Å². The van der Waals surface area contributed by atoms with Crippen molar-refractivity contribution < 1.29 is 13.2 Å². The zero-order chi connectivity index (χ0) is 13.0. The second kappa shape index (κ2) is 5.54. The highest BCUT2D eigenvalue weighted by Gasteiger charge is 2.26. The van der Waals surface area contributed by atoms with E-state index in [0.717, 1.165) is 16.7 Å². The molecule has 0 saturated heterocycles. The summed E-state index contributed by atoms with van der Waals surface area (Å²) in [5.41, 5.74) is 2.92. The van der Waals surface area contributed by atoms with E-state index in [9.17, 15) is 13.2 Å². The van der Waals surface area contributed by atoms with Crippen LogP contribution in [0.1, 0.15) is 5.56 Å². The van der Waals surface area contributed by atoms with Crippen molar-refractivity contribution >= 4 is 11.3 Å². The van der Waals surface area contributed by atoms with Crippen molar-refractivity contribution in [2.24, 2.45) is 0 Å². The van der Waals surface area contributed by atoms with Crippen LogP contribution in [0.3, 0.4) is 0 Å². The highest BCUT2D eigenvalue weighted by Crippen LogP contribution is 2.27. The van der Waals surface area contributed by atoms with Gasteiger partial charge >= 0.3 is 6.18 Å². The summed E-state index contributed by atoms with van der Waals surface area (Å²) in [7, 11) is 0. The molecule has 2 rings (SSSR count). The number of halogens is 3. The van der Waals surface area contributed by atoms with E-state index in [1.54, 1.807) is 0 Å². The van der Waals surface area contributed by atoms with Gasteiger partial charge in [0.05, 0.1) is 6.54 Å². The van der Waals surface area contributed by atoms with Crippen LogP contribution in [0.2, 0.25) is 0 Å². The molecular weight excluding hydrogens is 259 g/mol. The molecule has 1 nitrogen and oxygen atoms in total. The van der Waals surface area contributed by atoms with Crippen LogP contribution in [0.5, 0.6) is 0 Å². The standard InChI is InChI=1S/C13H12F3NS/c14-13(15,16)9-17-6-11-7-18-8-12(11)10-4-2-1-3-5-10/h1-5,7-8,17H,6,9H2. The lowest BCUT2D eigenvalue weighted by atomic mass is 10.1. The van der Waals surface area contributed by atoms with Crippen molar-refractivity contribution in [1.29, 1.82) is 0 Å². The Morgan fingerprint density at radius 3 is 2.44 bits per heavy atom. The average Bonchev–Trinajstić information content (AvgIpc) is 2.77. The molecule has 1 aromatic heterocycles. The Morgan fingerprint density at radius 1 is 1.06 bits per heavy atom. The van der Waals surface area contributed by atoms with Gasteiger partial charge in [-0.05, 0) is 27.5 Å². The smallest absolute Gasteiger partial charge is 0.305 e. The zero-order valence-corrected chi connectivity index (χ0v) is 10.3. The molecule has 0 atom stereocenters. The van der Waals surface area contributed by atoms with E-state index < -0.39 is 12.7 Å². The number of nitrogens with one attached hydrogen (secondary N) is 1. The minimum Gasteiger partial charge on any atom is -0.305 e. The highest BCUT2D eigenvalue weighted by atomic mass is 32.1. The Hall–Kier alpha value is -1.33. The van der Waals surface area contributed by atoms with Crippen LogP contribution in [-0.4, -0.2) is 12.7 Å². The molecule has 0 aliphatic heterocycles. The largest absolute Gasteiger partial charge is 0.401 e. The Morgan fingerprint density at radius 2 is 1.78 bits per heavy atom. The molecule has 1 aromatic carbocycles. The normalized spacial score (nSPS) is 11.7. The van der Waals surface area contributed by atoms with Gasteiger partial charge in [-0.15, -0.1) is 0 Å². The second-order valence-electron chi connectivity index (χ2n) is 3.90. The lowest BCUT2D eigenvalue weighted by Gasteiger charge is -2.09. The molecule has 0 unspecified atom stereocenters. The Labute approximate surface area is 107 Å². The first-order chi connectivity index (χ1) is 8.56. The lowest BCUT2D eigenvalue weighted by Crippen LogP contribution is -2.28. The van der Waals surface area contributed by atoms with Gasteiger partial charge < -0.3 is 5.32 Å². The number of hydrogen-bond acceptors (Lipinski definition) is 2. The van der Waals surface area contributed by atoms with Gasteiger partial charge in [0.15, 0.2) is 0 Å². The second-order valence-corrected chi connectivity index (χ2v) is 4.64. The Balaban J connectivity index is 2.05. The first kappa shape index (κ1) is 13.1. The molecule has 0 amide bonds. The maximum Gasteiger partial charge on any atom is 0.401 e. The van der Waals surface area contributed by atoms with Crippen LogP contribution < -0.4 is 5.32 Å². The van der Waals surface area contributed by atoms with Crippen LogP contribution >= 0.6 is 11.3 Å². The van der Waals surface area contributed by atoms with Gasteiger partial charge in [-0.2, -0.15) is 24.5 Å². The summed E-state index contributed by atoms with van der Waals surface area (Å²) >= 11 is 1.50. The molecule has 1 heterocycles. The van der Waals surface area contributed by atoms with Crippen molar-refractivity contribution in [2.75, 3.05) is 6.54 Å². The van der Waals surface area contributed by atoms with Crippen LogP contribution in [0, 0.1) is 0 Å². The predicted octanol–water partition coefficient (Wildman–Crippen LogP) is 4.07. The van der Waals surface area contributed by atoms with Gasteiger partial charge in [-0.25, -0.2) is 0 Å². The SMILES string of the molecule is FC(F)(F)CNCc1cscc1-c1ccccc1.